The van der Waals surface area contributed by atoms with E-state index in [1.807, 2.05) is 6.08 Å². The fourth-order valence-corrected chi connectivity index (χ4v) is 3.21. The Labute approximate surface area is 121 Å². The van der Waals surface area contributed by atoms with Crippen molar-refractivity contribution in [3.8, 4) is 0 Å². The van der Waals surface area contributed by atoms with E-state index in [1.54, 1.807) is 0 Å². The molecule has 0 radical (unpaired) electrons. The van der Waals surface area contributed by atoms with E-state index in [0.29, 0.717) is 0 Å². The lowest BCUT2D eigenvalue weighted by molar-refractivity contribution is 0.0811. The molecule has 0 amide bonds. The summed E-state index contributed by atoms with van der Waals surface area (Å²) < 4.78 is 6.40. The molecule has 0 aromatic rings. The van der Waals surface area contributed by atoms with Crippen LogP contribution in [0.25, 0.3) is 0 Å². The molecule has 19 heavy (non-hydrogen) atoms. The maximum absolute atomic E-state index is 10.1. The SMILES string of the molecule is C=CC[C@H](C[C@H](O)CCCC)O[Si](C)(C)C(C)(C)C. The van der Waals surface area contributed by atoms with Crippen LogP contribution in [0.4, 0.5) is 0 Å². The Kier molecular flexibility index (Phi) is 8.17. The smallest absolute Gasteiger partial charge is 0.192 e. The van der Waals surface area contributed by atoms with Gasteiger partial charge in [0, 0.05) is 0 Å². The zero-order chi connectivity index (χ0) is 15.1. The number of hydrogen-bond acceptors (Lipinski definition) is 2. The first-order valence-corrected chi connectivity index (χ1v) is 10.5. The fourth-order valence-electron chi connectivity index (χ4n) is 1.83. The van der Waals surface area contributed by atoms with Gasteiger partial charge < -0.3 is 9.53 Å². The minimum Gasteiger partial charge on any atom is -0.414 e. The van der Waals surface area contributed by atoms with E-state index < -0.39 is 8.32 Å². The standard InChI is InChI=1S/C16H34O2Si/c1-8-10-12-14(17)13-15(11-9-2)18-19(6,7)16(3,4)5/h9,14-15,17H,2,8,10-13H2,1,3-7H3/t14-,15-/m1/s1. The molecule has 2 nitrogen and oxygen atoms in total. The van der Waals surface area contributed by atoms with Crippen molar-refractivity contribution in [2.75, 3.05) is 0 Å². The van der Waals surface area contributed by atoms with Gasteiger partial charge in [0.2, 0.25) is 0 Å². The van der Waals surface area contributed by atoms with Crippen LogP contribution in [0.1, 0.15) is 59.8 Å². The summed E-state index contributed by atoms with van der Waals surface area (Å²) in [7, 11) is -1.76. The third-order valence-electron chi connectivity index (χ3n) is 4.12. The van der Waals surface area contributed by atoms with Gasteiger partial charge in [-0.2, -0.15) is 0 Å². The second kappa shape index (κ2) is 8.23. The lowest BCUT2D eigenvalue weighted by atomic mass is 10.0. The van der Waals surface area contributed by atoms with Crippen LogP contribution in [0.5, 0.6) is 0 Å². The molecule has 0 aliphatic rings. The number of hydrogen-bond donors (Lipinski definition) is 1. The van der Waals surface area contributed by atoms with E-state index in [9.17, 15) is 5.11 Å². The van der Waals surface area contributed by atoms with E-state index in [-0.39, 0.29) is 17.2 Å². The van der Waals surface area contributed by atoms with Crippen molar-refractivity contribution in [1.29, 1.82) is 0 Å². The van der Waals surface area contributed by atoms with Crippen molar-refractivity contribution in [1.82, 2.24) is 0 Å². The topological polar surface area (TPSA) is 29.5 Å². The molecule has 0 heterocycles. The number of unbranched alkanes of at least 4 members (excludes halogenated alkanes) is 1. The third kappa shape index (κ3) is 7.28. The number of aliphatic hydroxyl groups excluding tert-OH is 1. The Morgan fingerprint density at radius 1 is 1.32 bits per heavy atom. The highest BCUT2D eigenvalue weighted by atomic mass is 28.4. The van der Waals surface area contributed by atoms with Crippen LogP contribution in [-0.2, 0) is 4.43 Å². The first kappa shape index (κ1) is 18.9. The Bertz CT molecular complexity index is 256. The van der Waals surface area contributed by atoms with Crippen LogP contribution < -0.4 is 0 Å². The summed E-state index contributed by atoms with van der Waals surface area (Å²) in [5.74, 6) is 0. The van der Waals surface area contributed by atoms with Gasteiger partial charge in [0.15, 0.2) is 8.32 Å². The third-order valence-corrected chi connectivity index (χ3v) is 8.66. The van der Waals surface area contributed by atoms with Crippen LogP contribution in [0.15, 0.2) is 12.7 Å². The number of rotatable bonds is 9. The van der Waals surface area contributed by atoms with E-state index in [0.717, 1.165) is 32.1 Å². The predicted molar refractivity (Wildman–Crippen MR) is 87.0 cm³/mol. The van der Waals surface area contributed by atoms with E-state index in [1.165, 1.54) is 0 Å². The van der Waals surface area contributed by atoms with Crippen LogP contribution in [0.3, 0.4) is 0 Å². The maximum Gasteiger partial charge on any atom is 0.192 e. The highest BCUT2D eigenvalue weighted by molar-refractivity contribution is 6.74. The first-order valence-electron chi connectivity index (χ1n) is 7.60. The quantitative estimate of drug-likeness (QED) is 0.483. The molecule has 0 saturated heterocycles. The molecule has 0 fully saturated rings. The van der Waals surface area contributed by atoms with Crippen molar-refractivity contribution in [3.63, 3.8) is 0 Å². The van der Waals surface area contributed by atoms with Crippen LogP contribution >= 0.6 is 0 Å². The molecule has 0 aromatic heterocycles. The Hall–Kier alpha value is -0.123. The average Bonchev–Trinajstić information content (AvgIpc) is 2.24. The molecule has 0 bridgehead atoms. The maximum atomic E-state index is 10.1. The molecule has 0 aromatic carbocycles. The molecular weight excluding hydrogens is 252 g/mol. The summed E-state index contributed by atoms with van der Waals surface area (Å²) in [4.78, 5) is 0. The minimum absolute atomic E-state index is 0.116. The normalized spacial score (nSPS) is 16.2. The van der Waals surface area contributed by atoms with Gasteiger partial charge in [0.1, 0.15) is 0 Å². The van der Waals surface area contributed by atoms with Crippen LogP contribution in [0.2, 0.25) is 18.1 Å². The summed E-state index contributed by atoms with van der Waals surface area (Å²) in [6.07, 6.45) is 6.44. The Morgan fingerprint density at radius 2 is 1.89 bits per heavy atom. The Balaban J connectivity index is 4.52. The highest BCUT2D eigenvalue weighted by Gasteiger charge is 2.39. The van der Waals surface area contributed by atoms with E-state index in [2.05, 4.69) is 47.4 Å². The van der Waals surface area contributed by atoms with Gasteiger partial charge in [-0.3, -0.25) is 0 Å². The zero-order valence-corrected chi connectivity index (χ0v) is 14.8. The average molecular weight is 287 g/mol. The summed E-state index contributed by atoms with van der Waals surface area (Å²) >= 11 is 0. The predicted octanol–water partition coefficient (Wildman–Crippen LogP) is 4.89. The van der Waals surface area contributed by atoms with Gasteiger partial charge >= 0.3 is 0 Å². The van der Waals surface area contributed by atoms with Crippen molar-refractivity contribution in [2.45, 2.75) is 90.1 Å². The highest BCUT2D eigenvalue weighted by Crippen LogP contribution is 2.38. The molecule has 2 atom stereocenters. The first-order chi connectivity index (χ1) is 8.64. The van der Waals surface area contributed by atoms with Crippen molar-refractivity contribution < 1.29 is 9.53 Å². The molecule has 0 rings (SSSR count). The van der Waals surface area contributed by atoms with E-state index >= 15 is 0 Å². The molecule has 3 heteroatoms. The molecule has 0 saturated carbocycles. The summed E-state index contributed by atoms with van der Waals surface area (Å²) in [6, 6.07) is 0. The molecule has 0 spiro atoms. The van der Waals surface area contributed by atoms with Gasteiger partial charge in [-0.15, -0.1) is 6.58 Å². The van der Waals surface area contributed by atoms with Crippen molar-refractivity contribution >= 4 is 8.32 Å². The molecule has 0 aliphatic heterocycles. The van der Waals surface area contributed by atoms with Crippen LogP contribution in [-0.4, -0.2) is 25.6 Å². The summed E-state index contributed by atoms with van der Waals surface area (Å²) in [6.45, 7) is 17.2. The molecular formula is C16H34O2Si. The Morgan fingerprint density at radius 3 is 2.32 bits per heavy atom. The summed E-state index contributed by atoms with van der Waals surface area (Å²) in [5, 5.41) is 10.3. The minimum atomic E-state index is -1.76. The van der Waals surface area contributed by atoms with Crippen molar-refractivity contribution in [2.24, 2.45) is 0 Å². The second-order valence-electron chi connectivity index (χ2n) is 7.06. The van der Waals surface area contributed by atoms with Gasteiger partial charge in [-0.05, 0) is 37.4 Å². The molecule has 0 unspecified atom stereocenters. The lowest BCUT2D eigenvalue weighted by Crippen LogP contribution is -2.44. The lowest BCUT2D eigenvalue weighted by Gasteiger charge is -2.39. The zero-order valence-electron chi connectivity index (χ0n) is 13.8. The molecule has 114 valence electrons. The largest absolute Gasteiger partial charge is 0.414 e. The number of aliphatic hydroxyl groups is 1. The van der Waals surface area contributed by atoms with Gasteiger partial charge in [0.25, 0.3) is 0 Å². The van der Waals surface area contributed by atoms with Gasteiger partial charge in [0.05, 0.1) is 12.2 Å². The monoisotopic (exact) mass is 286 g/mol. The van der Waals surface area contributed by atoms with Gasteiger partial charge in [-0.25, -0.2) is 0 Å². The van der Waals surface area contributed by atoms with Gasteiger partial charge in [-0.1, -0.05) is 46.6 Å². The molecule has 1 N–H and O–H groups in total. The van der Waals surface area contributed by atoms with Crippen LogP contribution in [0, 0.1) is 0 Å². The second-order valence-corrected chi connectivity index (χ2v) is 11.8. The van der Waals surface area contributed by atoms with Crippen molar-refractivity contribution in [3.05, 3.63) is 12.7 Å². The van der Waals surface area contributed by atoms with E-state index in [4.69, 9.17) is 4.43 Å². The fraction of sp³-hybridized carbons (Fsp3) is 0.875. The summed E-state index contributed by atoms with van der Waals surface area (Å²) in [5.41, 5.74) is 0. The molecule has 0 aliphatic carbocycles.